The minimum atomic E-state index is -0.0742. The summed E-state index contributed by atoms with van der Waals surface area (Å²) in [5, 5.41) is 9.74. The van der Waals surface area contributed by atoms with E-state index in [0.717, 1.165) is 31.5 Å². The highest BCUT2D eigenvalue weighted by Crippen LogP contribution is 2.20. The quantitative estimate of drug-likeness (QED) is 0.852. The van der Waals surface area contributed by atoms with Gasteiger partial charge in [0.05, 0.1) is 5.56 Å². The zero-order valence-corrected chi connectivity index (χ0v) is 10.9. The van der Waals surface area contributed by atoms with E-state index < -0.39 is 0 Å². The molecule has 0 bridgehead atoms. The molecule has 1 rings (SSSR count). The van der Waals surface area contributed by atoms with E-state index in [1.807, 2.05) is 20.8 Å². The van der Waals surface area contributed by atoms with Crippen LogP contribution in [0, 0.1) is 6.92 Å². The SMILES string of the molecule is CCCN(CCC)C(=O)c1cc(C)ccc1O. The van der Waals surface area contributed by atoms with E-state index in [-0.39, 0.29) is 11.7 Å². The minimum absolute atomic E-state index is 0.0674. The van der Waals surface area contributed by atoms with E-state index in [9.17, 15) is 9.90 Å². The first-order valence-electron chi connectivity index (χ1n) is 6.19. The maximum absolute atomic E-state index is 12.3. The van der Waals surface area contributed by atoms with E-state index in [0.29, 0.717) is 5.56 Å². The molecule has 94 valence electrons. The molecule has 3 nitrogen and oxygen atoms in total. The first-order valence-corrected chi connectivity index (χ1v) is 6.19. The number of carbonyl (C=O) groups is 1. The van der Waals surface area contributed by atoms with E-state index in [1.165, 1.54) is 0 Å². The number of phenols is 1. The van der Waals surface area contributed by atoms with E-state index in [2.05, 4.69) is 0 Å². The van der Waals surface area contributed by atoms with Crippen LogP contribution >= 0.6 is 0 Å². The molecule has 0 radical (unpaired) electrons. The summed E-state index contributed by atoms with van der Waals surface area (Å²) < 4.78 is 0. The van der Waals surface area contributed by atoms with Gasteiger partial charge in [0, 0.05) is 13.1 Å². The van der Waals surface area contributed by atoms with Crippen molar-refractivity contribution in [2.24, 2.45) is 0 Å². The van der Waals surface area contributed by atoms with Crippen LogP contribution in [0.1, 0.15) is 42.6 Å². The monoisotopic (exact) mass is 235 g/mol. The molecule has 0 unspecified atom stereocenters. The zero-order chi connectivity index (χ0) is 12.8. The van der Waals surface area contributed by atoms with Crippen LogP contribution in [0.3, 0.4) is 0 Å². The molecule has 0 atom stereocenters. The summed E-state index contributed by atoms with van der Waals surface area (Å²) in [7, 11) is 0. The van der Waals surface area contributed by atoms with Crippen LogP contribution < -0.4 is 0 Å². The van der Waals surface area contributed by atoms with Crippen molar-refractivity contribution in [1.82, 2.24) is 4.90 Å². The number of aryl methyl sites for hydroxylation is 1. The van der Waals surface area contributed by atoms with Crippen LogP contribution in [0.15, 0.2) is 18.2 Å². The Hall–Kier alpha value is -1.51. The number of phenolic OH excluding ortho intramolecular Hbond substituents is 1. The summed E-state index contributed by atoms with van der Waals surface area (Å²) in [6.45, 7) is 7.48. The van der Waals surface area contributed by atoms with Gasteiger partial charge in [-0.2, -0.15) is 0 Å². The Morgan fingerprint density at radius 2 is 1.82 bits per heavy atom. The lowest BCUT2D eigenvalue weighted by Gasteiger charge is -2.22. The third kappa shape index (κ3) is 3.48. The van der Waals surface area contributed by atoms with Gasteiger partial charge in [0.15, 0.2) is 0 Å². The van der Waals surface area contributed by atoms with Gasteiger partial charge >= 0.3 is 0 Å². The summed E-state index contributed by atoms with van der Waals surface area (Å²) >= 11 is 0. The lowest BCUT2D eigenvalue weighted by molar-refractivity contribution is 0.0752. The molecule has 0 fully saturated rings. The highest BCUT2D eigenvalue weighted by atomic mass is 16.3. The molecule has 0 saturated heterocycles. The summed E-state index contributed by atoms with van der Waals surface area (Å²) in [5.74, 6) is -0.00675. The molecule has 0 aromatic heterocycles. The Morgan fingerprint density at radius 1 is 1.24 bits per heavy atom. The zero-order valence-electron chi connectivity index (χ0n) is 10.9. The van der Waals surface area contributed by atoms with Gasteiger partial charge < -0.3 is 10.0 Å². The molecule has 3 heteroatoms. The standard InChI is InChI=1S/C14H21NO2/c1-4-8-15(9-5-2)14(17)12-10-11(3)6-7-13(12)16/h6-7,10,16H,4-5,8-9H2,1-3H3. The molecule has 1 aromatic carbocycles. The second kappa shape index (κ2) is 6.28. The molecule has 0 aliphatic carbocycles. The predicted molar refractivity (Wildman–Crippen MR) is 69.3 cm³/mol. The number of aromatic hydroxyl groups is 1. The van der Waals surface area contributed by atoms with Gasteiger partial charge in [-0.1, -0.05) is 25.5 Å². The fraction of sp³-hybridized carbons (Fsp3) is 0.500. The number of carbonyl (C=O) groups excluding carboxylic acids is 1. The van der Waals surface area contributed by atoms with Crippen LogP contribution in [0.5, 0.6) is 5.75 Å². The van der Waals surface area contributed by atoms with Crippen molar-refractivity contribution in [1.29, 1.82) is 0 Å². The average molecular weight is 235 g/mol. The second-order valence-corrected chi connectivity index (χ2v) is 4.31. The Balaban J connectivity index is 2.95. The molecule has 0 heterocycles. The number of rotatable bonds is 5. The first kappa shape index (κ1) is 13.6. The van der Waals surface area contributed by atoms with Gasteiger partial charge in [-0.05, 0) is 31.9 Å². The van der Waals surface area contributed by atoms with Crippen molar-refractivity contribution in [2.75, 3.05) is 13.1 Å². The molecule has 0 aliphatic rings. The van der Waals surface area contributed by atoms with E-state index in [1.54, 1.807) is 23.1 Å². The number of hydrogen-bond donors (Lipinski definition) is 1. The van der Waals surface area contributed by atoms with Crippen LogP contribution in [0.2, 0.25) is 0 Å². The number of hydrogen-bond acceptors (Lipinski definition) is 2. The van der Waals surface area contributed by atoms with Gasteiger partial charge in [-0.3, -0.25) is 4.79 Å². The number of nitrogens with zero attached hydrogens (tertiary/aromatic N) is 1. The lowest BCUT2D eigenvalue weighted by atomic mass is 10.1. The largest absolute Gasteiger partial charge is 0.507 e. The maximum Gasteiger partial charge on any atom is 0.257 e. The highest BCUT2D eigenvalue weighted by molar-refractivity contribution is 5.97. The normalized spacial score (nSPS) is 10.3. The molecule has 0 aliphatic heterocycles. The highest BCUT2D eigenvalue weighted by Gasteiger charge is 2.17. The van der Waals surface area contributed by atoms with Crippen molar-refractivity contribution < 1.29 is 9.90 Å². The van der Waals surface area contributed by atoms with Crippen LogP contribution in [-0.4, -0.2) is 29.0 Å². The summed E-state index contributed by atoms with van der Waals surface area (Å²) in [5.41, 5.74) is 1.39. The van der Waals surface area contributed by atoms with Crippen LogP contribution in [0.4, 0.5) is 0 Å². The molecular weight excluding hydrogens is 214 g/mol. The Labute approximate surface area is 103 Å². The number of amides is 1. The molecule has 1 amide bonds. The molecule has 1 aromatic rings. The Bertz CT molecular complexity index is 382. The smallest absolute Gasteiger partial charge is 0.257 e. The summed E-state index contributed by atoms with van der Waals surface area (Å²) in [4.78, 5) is 14.1. The Morgan fingerprint density at radius 3 is 2.35 bits per heavy atom. The second-order valence-electron chi connectivity index (χ2n) is 4.31. The molecule has 0 spiro atoms. The average Bonchev–Trinajstić information content (AvgIpc) is 2.31. The summed E-state index contributed by atoms with van der Waals surface area (Å²) in [6, 6.07) is 5.13. The first-order chi connectivity index (χ1) is 8.10. The van der Waals surface area contributed by atoms with Crippen molar-refractivity contribution in [3.05, 3.63) is 29.3 Å². The third-order valence-electron chi connectivity index (χ3n) is 2.66. The molecular formula is C14H21NO2. The van der Waals surface area contributed by atoms with Gasteiger partial charge in [-0.25, -0.2) is 0 Å². The maximum atomic E-state index is 12.3. The van der Waals surface area contributed by atoms with Crippen LogP contribution in [-0.2, 0) is 0 Å². The van der Waals surface area contributed by atoms with Crippen LogP contribution in [0.25, 0.3) is 0 Å². The van der Waals surface area contributed by atoms with Gasteiger partial charge in [0.2, 0.25) is 0 Å². The fourth-order valence-corrected chi connectivity index (χ4v) is 1.85. The lowest BCUT2D eigenvalue weighted by Crippen LogP contribution is -2.32. The third-order valence-corrected chi connectivity index (χ3v) is 2.66. The van der Waals surface area contributed by atoms with Crippen molar-refractivity contribution in [2.45, 2.75) is 33.6 Å². The van der Waals surface area contributed by atoms with Crippen molar-refractivity contribution in [3.8, 4) is 5.75 Å². The van der Waals surface area contributed by atoms with Gasteiger partial charge in [0.1, 0.15) is 5.75 Å². The van der Waals surface area contributed by atoms with Gasteiger partial charge in [0.25, 0.3) is 5.91 Å². The van der Waals surface area contributed by atoms with E-state index >= 15 is 0 Å². The molecule has 0 saturated carbocycles. The molecule has 1 N–H and O–H groups in total. The predicted octanol–water partition coefficient (Wildman–Crippen LogP) is 2.96. The molecule has 17 heavy (non-hydrogen) atoms. The minimum Gasteiger partial charge on any atom is -0.507 e. The Kier molecular flexibility index (Phi) is 5.01. The fourth-order valence-electron chi connectivity index (χ4n) is 1.85. The van der Waals surface area contributed by atoms with Crippen molar-refractivity contribution in [3.63, 3.8) is 0 Å². The van der Waals surface area contributed by atoms with Crippen molar-refractivity contribution >= 4 is 5.91 Å². The van der Waals surface area contributed by atoms with Gasteiger partial charge in [-0.15, -0.1) is 0 Å². The topological polar surface area (TPSA) is 40.5 Å². The van der Waals surface area contributed by atoms with E-state index in [4.69, 9.17) is 0 Å². The number of benzene rings is 1. The summed E-state index contributed by atoms with van der Waals surface area (Å²) in [6.07, 6.45) is 1.86.